The fourth-order valence-electron chi connectivity index (χ4n) is 1.71. The lowest BCUT2D eigenvalue weighted by atomic mass is 10.2. The number of aryl methyl sites for hydroxylation is 1. The molecule has 2 aromatic heterocycles. The highest BCUT2D eigenvalue weighted by Crippen LogP contribution is 2.23. The second-order valence-corrected chi connectivity index (χ2v) is 5.14. The molecule has 1 aromatic carbocycles. The van der Waals surface area contributed by atoms with Crippen LogP contribution in [0.2, 0.25) is 0 Å². The molecular weight excluding hydrogens is 244 g/mol. The van der Waals surface area contributed by atoms with E-state index >= 15 is 0 Å². The lowest BCUT2D eigenvalue weighted by Gasteiger charge is -1.95. The van der Waals surface area contributed by atoms with Gasteiger partial charge in [-0.1, -0.05) is 41.7 Å². The van der Waals surface area contributed by atoms with Gasteiger partial charge in [-0.25, -0.2) is 0 Å². The number of aromatic nitrogens is 4. The van der Waals surface area contributed by atoms with E-state index in [0.29, 0.717) is 6.54 Å². The van der Waals surface area contributed by atoms with Crippen molar-refractivity contribution in [1.29, 1.82) is 0 Å². The van der Waals surface area contributed by atoms with E-state index in [1.807, 2.05) is 54.3 Å². The number of hydrogen-bond donors (Lipinski definition) is 0. The summed E-state index contributed by atoms with van der Waals surface area (Å²) < 4.78 is 1.88. The second kappa shape index (κ2) is 4.70. The molecule has 0 amide bonds. The van der Waals surface area contributed by atoms with E-state index in [1.54, 1.807) is 11.3 Å². The molecule has 0 spiro atoms. The maximum Gasteiger partial charge on any atom is 0.147 e. The SMILES string of the molecule is Cc1cnn(Cc2nnc(-c3ccccc3)s2)c1. The normalized spacial score (nSPS) is 10.7. The van der Waals surface area contributed by atoms with Crippen LogP contribution in [-0.4, -0.2) is 20.0 Å². The summed E-state index contributed by atoms with van der Waals surface area (Å²) in [5.74, 6) is 0. The van der Waals surface area contributed by atoms with Crippen LogP contribution in [0, 0.1) is 6.92 Å². The van der Waals surface area contributed by atoms with Gasteiger partial charge in [0.25, 0.3) is 0 Å². The van der Waals surface area contributed by atoms with Gasteiger partial charge in [0.05, 0.1) is 12.7 Å². The van der Waals surface area contributed by atoms with Crippen LogP contribution >= 0.6 is 11.3 Å². The highest BCUT2D eigenvalue weighted by atomic mass is 32.1. The number of benzene rings is 1. The van der Waals surface area contributed by atoms with Crippen molar-refractivity contribution in [3.05, 3.63) is 53.3 Å². The molecule has 18 heavy (non-hydrogen) atoms. The molecule has 3 rings (SSSR count). The van der Waals surface area contributed by atoms with Crippen LogP contribution < -0.4 is 0 Å². The molecular formula is C13H12N4S. The van der Waals surface area contributed by atoms with Crippen molar-refractivity contribution in [2.45, 2.75) is 13.5 Å². The van der Waals surface area contributed by atoms with E-state index in [-0.39, 0.29) is 0 Å². The molecule has 5 heteroatoms. The zero-order valence-electron chi connectivity index (χ0n) is 9.95. The molecule has 0 unspecified atom stereocenters. The summed E-state index contributed by atoms with van der Waals surface area (Å²) in [4.78, 5) is 0. The minimum absolute atomic E-state index is 0.679. The first-order valence-electron chi connectivity index (χ1n) is 5.68. The summed E-state index contributed by atoms with van der Waals surface area (Å²) in [6, 6.07) is 10.1. The third kappa shape index (κ3) is 2.31. The van der Waals surface area contributed by atoms with Gasteiger partial charge in [-0.3, -0.25) is 4.68 Å². The third-order valence-corrected chi connectivity index (χ3v) is 3.50. The fraction of sp³-hybridized carbons (Fsp3) is 0.154. The van der Waals surface area contributed by atoms with Crippen molar-refractivity contribution in [1.82, 2.24) is 20.0 Å². The van der Waals surface area contributed by atoms with E-state index in [2.05, 4.69) is 15.3 Å². The molecule has 0 atom stereocenters. The molecule has 0 aliphatic heterocycles. The maximum absolute atomic E-state index is 4.25. The summed E-state index contributed by atoms with van der Waals surface area (Å²) in [5, 5.41) is 14.6. The van der Waals surface area contributed by atoms with Crippen LogP contribution in [0.1, 0.15) is 10.6 Å². The van der Waals surface area contributed by atoms with E-state index in [4.69, 9.17) is 0 Å². The van der Waals surface area contributed by atoms with Crippen LogP contribution in [0.25, 0.3) is 10.6 Å². The molecule has 90 valence electrons. The van der Waals surface area contributed by atoms with E-state index in [9.17, 15) is 0 Å². The maximum atomic E-state index is 4.25. The van der Waals surface area contributed by atoms with Gasteiger partial charge < -0.3 is 0 Å². The quantitative estimate of drug-likeness (QED) is 0.723. The smallest absolute Gasteiger partial charge is 0.147 e. The van der Waals surface area contributed by atoms with Gasteiger partial charge in [0.1, 0.15) is 10.0 Å². The minimum Gasteiger partial charge on any atom is -0.266 e. The molecule has 4 nitrogen and oxygen atoms in total. The Morgan fingerprint density at radius 1 is 1.17 bits per heavy atom. The van der Waals surface area contributed by atoms with Gasteiger partial charge in [-0.05, 0) is 12.5 Å². The average molecular weight is 256 g/mol. The molecule has 0 fully saturated rings. The Morgan fingerprint density at radius 2 is 2.00 bits per heavy atom. The summed E-state index contributed by atoms with van der Waals surface area (Å²) in [7, 11) is 0. The Labute approximate surface area is 109 Å². The average Bonchev–Trinajstić information content (AvgIpc) is 3.01. The monoisotopic (exact) mass is 256 g/mol. The Bertz CT molecular complexity index is 642. The van der Waals surface area contributed by atoms with E-state index < -0.39 is 0 Å². The van der Waals surface area contributed by atoms with Crippen LogP contribution in [0.4, 0.5) is 0 Å². The van der Waals surface area contributed by atoms with Crippen LogP contribution in [0.3, 0.4) is 0 Å². The first-order valence-corrected chi connectivity index (χ1v) is 6.50. The number of nitrogens with zero attached hydrogens (tertiary/aromatic N) is 4. The topological polar surface area (TPSA) is 43.6 Å². The van der Waals surface area contributed by atoms with Crippen LogP contribution in [0.5, 0.6) is 0 Å². The van der Waals surface area contributed by atoms with Crippen LogP contribution in [-0.2, 0) is 6.54 Å². The van der Waals surface area contributed by atoms with Gasteiger partial charge in [0, 0.05) is 11.8 Å². The molecule has 0 radical (unpaired) electrons. The lowest BCUT2D eigenvalue weighted by Crippen LogP contribution is -1.99. The molecule has 2 heterocycles. The van der Waals surface area contributed by atoms with Crippen molar-refractivity contribution in [2.75, 3.05) is 0 Å². The fourth-order valence-corrected chi connectivity index (χ4v) is 2.54. The van der Waals surface area contributed by atoms with Gasteiger partial charge in [-0.2, -0.15) is 5.10 Å². The molecule has 0 N–H and O–H groups in total. The minimum atomic E-state index is 0.679. The summed E-state index contributed by atoms with van der Waals surface area (Å²) in [6.45, 7) is 2.71. The molecule has 0 aliphatic carbocycles. The van der Waals surface area contributed by atoms with Crippen molar-refractivity contribution in [3.8, 4) is 10.6 Å². The van der Waals surface area contributed by atoms with Crippen molar-refractivity contribution in [3.63, 3.8) is 0 Å². The van der Waals surface area contributed by atoms with Crippen molar-refractivity contribution < 1.29 is 0 Å². The molecule has 0 bridgehead atoms. The lowest BCUT2D eigenvalue weighted by molar-refractivity contribution is 0.677. The molecule has 0 saturated carbocycles. The summed E-state index contributed by atoms with van der Waals surface area (Å²) in [5.41, 5.74) is 2.26. The number of hydrogen-bond acceptors (Lipinski definition) is 4. The predicted octanol–water partition coefficient (Wildman–Crippen LogP) is 2.76. The zero-order valence-corrected chi connectivity index (χ0v) is 10.8. The first-order chi connectivity index (χ1) is 8.81. The van der Waals surface area contributed by atoms with E-state index in [0.717, 1.165) is 21.1 Å². The Kier molecular flexibility index (Phi) is 2.90. The van der Waals surface area contributed by atoms with Gasteiger partial charge in [0.2, 0.25) is 0 Å². The van der Waals surface area contributed by atoms with Gasteiger partial charge in [-0.15, -0.1) is 10.2 Å². The van der Waals surface area contributed by atoms with Gasteiger partial charge in [0.15, 0.2) is 0 Å². The Hall–Kier alpha value is -2.01. The Morgan fingerprint density at radius 3 is 2.72 bits per heavy atom. The molecule has 3 aromatic rings. The predicted molar refractivity (Wildman–Crippen MR) is 71.4 cm³/mol. The van der Waals surface area contributed by atoms with Gasteiger partial charge >= 0.3 is 0 Å². The highest BCUT2D eigenvalue weighted by molar-refractivity contribution is 7.14. The molecule has 0 aliphatic rings. The standard InChI is InChI=1S/C13H12N4S/c1-10-7-14-17(8-10)9-12-15-16-13(18-12)11-5-3-2-4-6-11/h2-8H,9H2,1H3. The van der Waals surface area contributed by atoms with Crippen LogP contribution in [0.15, 0.2) is 42.7 Å². The Balaban J connectivity index is 1.82. The van der Waals surface area contributed by atoms with Crippen molar-refractivity contribution >= 4 is 11.3 Å². The van der Waals surface area contributed by atoms with Crippen molar-refractivity contribution in [2.24, 2.45) is 0 Å². The largest absolute Gasteiger partial charge is 0.266 e. The third-order valence-electron chi connectivity index (χ3n) is 2.55. The van der Waals surface area contributed by atoms with E-state index in [1.165, 1.54) is 0 Å². The summed E-state index contributed by atoms with van der Waals surface area (Å²) in [6.07, 6.45) is 3.85. The first kappa shape index (κ1) is 11.1. The summed E-state index contributed by atoms with van der Waals surface area (Å²) >= 11 is 1.61. The zero-order chi connectivity index (χ0) is 12.4. The number of rotatable bonds is 3. The molecule has 0 saturated heterocycles. The second-order valence-electron chi connectivity index (χ2n) is 4.08. The highest BCUT2D eigenvalue weighted by Gasteiger charge is 2.07.